The van der Waals surface area contributed by atoms with Crippen LogP contribution in [0.2, 0.25) is 0 Å². The van der Waals surface area contributed by atoms with Crippen molar-refractivity contribution in [1.82, 2.24) is 15.0 Å². The van der Waals surface area contributed by atoms with Crippen molar-refractivity contribution in [3.8, 4) is 11.4 Å². The molecule has 20 heavy (non-hydrogen) atoms. The van der Waals surface area contributed by atoms with Crippen molar-refractivity contribution in [3.63, 3.8) is 0 Å². The largest absolute Gasteiger partial charge is 0.393 e. The van der Waals surface area contributed by atoms with Crippen molar-refractivity contribution in [1.29, 1.82) is 0 Å². The Kier molecular flexibility index (Phi) is 3.11. The van der Waals surface area contributed by atoms with Gasteiger partial charge >= 0.3 is 0 Å². The van der Waals surface area contributed by atoms with E-state index in [9.17, 15) is 5.11 Å². The number of aryl methyl sites for hydroxylation is 1. The van der Waals surface area contributed by atoms with E-state index in [0.29, 0.717) is 18.9 Å². The Balaban J connectivity index is 1.89. The third-order valence-electron chi connectivity index (χ3n) is 3.35. The highest BCUT2D eigenvalue weighted by molar-refractivity contribution is 5.57. The quantitative estimate of drug-likeness (QED) is 0.841. The number of aliphatic hydroxyl groups excluding tert-OH is 1. The molecule has 6 nitrogen and oxygen atoms in total. The summed E-state index contributed by atoms with van der Waals surface area (Å²) in [6.45, 7) is 2.44. The van der Waals surface area contributed by atoms with Crippen LogP contribution in [-0.2, 0) is 0 Å². The molecule has 104 valence electrons. The number of aromatic nitrogens is 3. The zero-order valence-corrected chi connectivity index (χ0v) is 11.2. The second kappa shape index (κ2) is 4.81. The zero-order chi connectivity index (χ0) is 14.2. The molecule has 0 amide bonds. The van der Waals surface area contributed by atoms with Gasteiger partial charge < -0.3 is 15.1 Å². The van der Waals surface area contributed by atoms with Gasteiger partial charge in [0.2, 0.25) is 0 Å². The second-order valence-electron chi connectivity index (χ2n) is 5.17. The molecule has 3 rings (SSSR count). The van der Waals surface area contributed by atoms with Gasteiger partial charge in [-0.3, -0.25) is 4.98 Å². The molecule has 0 unspecified atom stereocenters. The molecule has 0 aromatic carbocycles. The van der Waals surface area contributed by atoms with Gasteiger partial charge in [0, 0.05) is 29.7 Å². The number of rotatable bonds is 3. The highest BCUT2D eigenvalue weighted by atomic mass is 16.3. The first kappa shape index (κ1) is 13.0. The van der Waals surface area contributed by atoms with E-state index < -0.39 is 5.60 Å². The molecule has 0 saturated carbocycles. The summed E-state index contributed by atoms with van der Waals surface area (Å²) in [5.74, 6) is 1.38. The first-order chi connectivity index (χ1) is 9.59. The number of aliphatic hydroxyl groups is 2. The van der Waals surface area contributed by atoms with Crippen LogP contribution in [0.4, 0.5) is 5.82 Å². The average Bonchev–Trinajstić information content (AvgIpc) is 2.44. The van der Waals surface area contributed by atoms with Crippen LogP contribution < -0.4 is 4.90 Å². The maximum Gasteiger partial charge on any atom is 0.163 e. The Morgan fingerprint density at radius 3 is 2.80 bits per heavy atom. The van der Waals surface area contributed by atoms with Crippen molar-refractivity contribution in [2.24, 2.45) is 0 Å². The van der Waals surface area contributed by atoms with Crippen LogP contribution in [0.5, 0.6) is 0 Å². The molecule has 1 saturated heterocycles. The maximum atomic E-state index is 9.86. The lowest BCUT2D eigenvalue weighted by molar-refractivity contribution is -0.0363. The SMILES string of the molecule is Cc1cc(N2CC(O)(CO)C2)nc(-c2cccnc2)n1. The van der Waals surface area contributed by atoms with E-state index in [2.05, 4.69) is 15.0 Å². The van der Waals surface area contributed by atoms with Crippen molar-refractivity contribution in [3.05, 3.63) is 36.3 Å². The van der Waals surface area contributed by atoms with E-state index in [1.165, 1.54) is 0 Å². The summed E-state index contributed by atoms with van der Waals surface area (Å²) in [5, 5.41) is 18.9. The summed E-state index contributed by atoms with van der Waals surface area (Å²) in [4.78, 5) is 14.9. The van der Waals surface area contributed by atoms with Crippen LogP contribution in [-0.4, -0.2) is 50.5 Å². The van der Waals surface area contributed by atoms with E-state index in [0.717, 1.165) is 17.1 Å². The number of pyridine rings is 1. The molecule has 3 heterocycles. The van der Waals surface area contributed by atoms with Crippen molar-refractivity contribution < 1.29 is 10.2 Å². The molecule has 0 bridgehead atoms. The minimum absolute atomic E-state index is 0.233. The number of anilines is 1. The van der Waals surface area contributed by atoms with Gasteiger partial charge in [-0.05, 0) is 19.1 Å². The number of hydrogen-bond acceptors (Lipinski definition) is 6. The van der Waals surface area contributed by atoms with Gasteiger partial charge in [-0.25, -0.2) is 9.97 Å². The molecule has 0 spiro atoms. The van der Waals surface area contributed by atoms with Crippen LogP contribution in [0.15, 0.2) is 30.6 Å². The van der Waals surface area contributed by atoms with Crippen LogP contribution in [0, 0.1) is 6.92 Å². The Morgan fingerprint density at radius 2 is 2.15 bits per heavy atom. The fourth-order valence-electron chi connectivity index (χ4n) is 2.26. The van der Waals surface area contributed by atoms with E-state index in [1.807, 2.05) is 30.0 Å². The highest BCUT2D eigenvalue weighted by Crippen LogP contribution is 2.27. The minimum Gasteiger partial charge on any atom is -0.393 e. The second-order valence-corrected chi connectivity index (χ2v) is 5.17. The molecule has 2 aromatic heterocycles. The minimum atomic E-state index is -1.01. The highest BCUT2D eigenvalue weighted by Gasteiger charge is 2.41. The lowest BCUT2D eigenvalue weighted by atomic mass is 9.95. The van der Waals surface area contributed by atoms with E-state index >= 15 is 0 Å². The van der Waals surface area contributed by atoms with E-state index in [1.54, 1.807) is 12.4 Å². The summed E-state index contributed by atoms with van der Waals surface area (Å²) in [7, 11) is 0. The molecule has 2 aromatic rings. The average molecular weight is 272 g/mol. The standard InChI is InChI=1S/C14H16N4O2/c1-10-5-12(18-7-14(20,8-18)9-19)17-13(16-10)11-3-2-4-15-6-11/h2-6,19-20H,7-9H2,1H3. The van der Waals surface area contributed by atoms with Gasteiger partial charge in [0.25, 0.3) is 0 Å². The van der Waals surface area contributed by atoms with Crippen molar-refractivity contribution in [2.45, 2.75) is 12.5 Å². The van der Waals surface area contributed by atoms with Gasteiger partial charge in [0.15, 0.2) is 5.82 Å². The predicted octanol–water partition coefficient (Wildman–Crippen LogP) is 0.390. The summed E-state index contributed by atoms with van der Waals surface area (Å²) >= 11 is 0. The molecular weight excluding hydrogens is 256 g/mol. The normalized spacial score (nSPS) is 16.9. The monoisotopic (exact) mass is 272 g/mol. The van der Waals surface area contributed by atoms with Crippen molar-refractivity contribution in [2.75, 3.05) is 24.6 Å². The molecule has 0 atom stereocenters. The molecule has 2 N–H and O–H groups in total. The van der Waals surface area contributed by atoms with Crippen LogP contribution in [0.3, 0.4) is 0 Å². The topological polar surface area (TPSA) is 82.4 Å². The van der Waals surface area contributed by atoms with Gasteiger partial charge in [0.1, 0.15) is 11.4 Å². The third kappa shape index (κ3) is 2.35. The van der Waals surface area contributed by atoms with Crippen LogP contribution >= 0.6 is 0 Å². The first-order valence-corrected chi connectivity index (χ1v) is 6.44. The van der Waals surface area contributed by atoms with Crippen LogP contribution in [0.1, 0.15) is 5.69 Å². The lowest BCUT2D eigenvalue weighted by Gasteiger charge is -2.46. The van der Waals surface area contributed by atoms with Crippen molar-refractivity contribution >= 4 is 5.82 Å². The molecule has 1 fully saturated rings. The fourth-order valence-corrected chi connectivity index (χ4v) is 2.26. The summed E-state index contributed by atoms with van der Waals surface area (Å²) in [5.41, 5.74) is 0.705. The first-order valence-electron chi connectivity index (χ1n) is 6.44. The number of nitrogens with zero attached hydrogens (tertiary/aromatic N) is 4. The molecule has 0 radical (unpaired) electrons. The third-order valence-corrected chi connectivity index (χ3v) is 3.35. The maximum absolute atomic E-state index is 9.86. The molecular formula is C14H16N4O2. The van der Waals surface area contributed by atoms with Gasteiger partial charge in [-0.15, -0.1) is 0 Å². The summed E-state index contributed by atoms with van der Waals surface area (Å²) in [6, 6.07) is 5.62. The van der Waals surface area contributed by atoms with Crippen LogP contribution in [0.25, 0.3) is 11.4 Å². The number of hydrogen-bond donors (Lipinski definition) is 2. The van der Waals surface area contributed by atoms with Gasteiger partial charge in [-0.2, -0.15) is 0 Å². The molecule has 1 aliphatic rings. The Labute approximate surface area is 116 Å². The number of β-amino-alcohol motifs (C(OH)–C–C–N with tert-alkyl or cyclic N) is 1. The molecule has 0 aliphatic carbocycles. The Morgan fingerprint density at radius 1 is 1.35 bits per heavy atom. The Hall–Kier alpha value is -2.05. The Bertz CT molecular complexity index is 612. The van der Waals surface area contributed by atoms with E-state index in [-0.39, 0.29) is 6.61 Å². The summed E-state index contributed by atoms with van der Waals surface area (Å²) < 4.78 is 0. The molecule has 6 heteroatoms. The predicted molar refractivity (Wildman–Crippen MR) is 74.2 cm³/mol. The zero-order valence-electron chi connectivity index (χ0n) is 11.2. The lowest BCUT2D eigenvalue weighted by Crippen LogP contribution is -2.64. The van der Waals surface area contributed by atoms with Gasteiger partial charge in [0.05, 0.1) is 19.7 Å². The van der Waals surface area contributed by atoms with E-state index in [4.69, 9.17) is 5.11 Å². The fraction of sp³-hybridized carbons (Fsp3) is 0.357. The van der Waals surface area contributed by atoms with Gasteiger partial charge in [-0.1, -0.05) is 0 Å². The summed E-state index contributed by atoms with van der Waals surface area (Å²) in [6.07, 6.45) is 3.43. The molecule has 1 aliphatic heterocycles. The smallest absolute Gasteiger partial charge is 0.163 e.